The Balaban J connectivity index is 2.09. The third-order valence-corrected chi connectivity index (χ3v) is 3.09. The smallest absolute Gasteiger partial charge is 0.258 e. The molecule has 2 aromatic rings. The van der Waals surface area contributed by atoms with E-state index in [2.05, 4.69) is 45.1 Å². The largest absolute Gasteiger partial charge is 0.290 e. The lowest BCUT2D eigenvalue weighted by atomic mass is 10.0. The number of benzene rings is 1. The minimum atomic E-state index is -0.211. The molecular formula is C14H14BrN3O. The lowest BCUT2D eigenvalue weighted by molar-refractivity contribution is 0.102. The fraction of sp³-hybridized carbons (Fsp3) is 0.214. The van der Waals surface area contributed by atoms with Gasteiger partial charge in [-0.1, -0.05) is 26.0 Å². The second-order valence-electron chi connectivity index (χ2n) is 4.46. The zero-order valence-electron chi connectivity index (χ0n) is 10.7. The van der Waals surface area contributed by atoms with E-state index in [0.717, 1.165) is 4.47 Å². The van der Waals surface area contributed by atoms with Gasteiger partial charge in [0.1, 0.15) is 0 Å². The van der Waals surface area contributed by atoms with Crippen LogP contribution in [0, 0.1) is 0 Å². The van der Waals surface area contributed by atoms with Gasteiger partial charge in [-0.15, -0.1) is 0 Å². The van der Waals surface area contributed by atoms with Crippen molar-refractivity contribution in [1.29, 1.82) is 0 Å². The van der Waals surface area contributed by atoms with E-state index in [1.54, 1.807) is 12.4 Å². The number of carbonyl (C=O) groups is 1. The summed E-state index contributed by atoms with van der Waals surface area (Å²) in [4.78, 5) is 20.0. The van der Waals surface area contributed by atoms with Gasteiger partial charge in [0.15, 0.2) is 0 Å². The number of rotatable bonds is 3. The van der Waals surface area contributed by atoms with Crippen molar-refractivity contribution in [2.24, 2.45) is 0 Å². The van der Waals surface area contributed by atoms with Crippen LogP contribution >= 0.6 is 15.9 Å². The summed E-state index contributed by atoms with van der Waals surface area (Å²) in [5, 5.41) is 2.65. The number of nitrogens with zero attached hydrogens (tertiary/aromatic N) is 2. The number of aromatic nitrogens is 2. The van der Waals surface area contributed by atoms with Crippen LogP contribution in [0.25, 0.3) is 0 Å². The predicted molar refractivity (Wildman–Crippen MR) is 78.2 cm³/mol. The van der Waals surface area contributed by atoms with Crippen LogP contribution in [0.5, 0.6) is 0 Å². The molecule has 0 saturated heterocycles. The number of halogens is 1. The average molecular weight is 320 g/mol. The van der Waals surface area contributed by atoms with Crippen molar-refractivity contribution in [2.45, 2.75) is 19.8 Å². The molecular weight excluding hydrogens is 306 g/mol. The highest BCUT2D eigenvalue weighted by atomic mass is 79.9. The highest BCUT2D eigenvalue weighted by Gasteiger charge is 2.08. The molecule has 0 unspecified atom stereocenters. The van der Waals surface area contributed by atoms with Crippen molar-refractivity contribution in [1.82, 2.24) is 9.97 Å². The maximum Gasteiger partial charge on any atom is 0.258 e. The summed E-state index contributed by atoms with van der Waals surface area (Å²) in [6.45, 7) is 4.23. The van der Waals surface area contributed by atoms with E-state index in [4.69, 9.17) is 0 Å². The summed E-state index contributed by atoms with van der Waals surface area (Å²) < 4.78 is 0.770. The molecule has 0 radical (unpaired) electrons. The monoisotopic (exact) mass is 319 g/mol. The van der Waals surface area contributed by atoms with Crippen LogP contribution in [0.4, 0.5) is 5.95 Å². The van der Waals surface area contributed by atoms with E-state index in [9.17, 15) is 4.79 Å². The van der Waals surface area contributed by atoms with Gasteiger partial charge in [-0.25, -0.2) is 9.97 Å². The Morgan fingerprint density at radius 3 is 2.26 bits per heavy atom. The van der Waals surface area contributed by atoms with Gasteiger partial charge >= 0.3 is 0 Å². The Labute approximate surface area is 120 Å². The van der Waals surface area contributed by atoms with Gasteiger partial charge in [0.2, 0.25) is 5.95 Å². The van der Waals surface area contributed by atoms with E-state index in [1.165, 1.54) is 5.56 Å². The number of anilines is 1. The molecule has 0 aliphatic rings. The van der Waals surface area contributed by atoms with Crippen LogP contribution < -0.4 is 5.32 Å². The molecule has 1 heterocycles. The molecule has 0 spiro atoms. The van der Waals surface area contributed by atoms with E-state index >= 15 is 0 Å². The lowest BCUT2D eigenvalue weighted by Crippen LogP contribution is -2.14. The van der Waals surface area contributed by atoms with E-state index in [-0.39, 0.29) is 5.91 Å². The zero-order chi connectivity index (χ0) is 13.8. The Kier molecular flexibility index (Phi) is 4.27. The minimum Gasteiger partial charge on any atom is -0.290 e. The van der Waals surface area contributed by atoms with Crippen LogP contribution in [0.2, 0.25) is 0 Å². The van der Waals surface area contributed by atoms with Crippen LogP contribution in [0.3, 0.4) is 0 Å². The number of nitrogens with one attached hydrogen (secondary N) is 1. The zero-order valence-corrected chi connectivity index (χ0v) is 12.3. The van der Waals surface area contributed by atoms with Gasteiger partial charge < -0.3 is 0 Å². The molecule has 1 aromatic heterocycles. The second-order valence-corrected chi connectivity index (χ2v) is 5.37. The van der Waals surface area contributed by atoms with Gasteiger partial charge in [0, 0.05) is 18.0 Å². The molecule has 1 N–H and O–H groups in total. The van der Waals surface area contributed by atoms with Crippen LogP contribution in [-0.2, 0) is 0 Å². The average Bonchev–Trinajstić information content (AvgIpc) is 2.41. The van der Waals surface area contributed by atoms with Crippen molar-refractivity contribution in [3.8, 4) is 0 Å². The first kappa shape index (κ1) is 13.7. The Bertz CT molecular complexity index is 564. The van der Waals surface area contributed by atoms with Gasteiger partial charge in [-0.2, -0.15) is 0 Å². The first-order chi connectivity index (χ1) is 9.06. The van der Waals surface area contributed by atoms with Crippen molar-refractivity contribution in [3.63, 3.8) is 0 Å². The predicted octanol–water partition coefficient (Wildman–Crippen LogP) is 3.61. The molecule has 0 saturated carbocycles. The quantitative estimate of drug-likeness (QED) is 0.940. The fourth-order valence-corrected chi connectivity index (χ4v) is 1.77. The SMILES string of the molecule is CC(C)c1ccc(C(=O)Nc2ncc(Br)cn2)cc1. The van der Waals surface area contributed by atoms with Crippen LogP contribution in [0.15, 0.2) is 41.1 Å². The standard InChI is InChI=1S/C14H14BrN3O/c1-9(2)10-3-5-11(6-4-10)13(19)18-14-16-7-12(15)8-17-14/h3-9H,1-2H3,(H,16,17,18,19). The van der Waals surface area contributed by atoms with Crippen molar-refractivity contribution in [2.75, 3.05) is 5.32 Å². The summed E-state index contributed by atoms with van der Waals surface area (Å²) in [7, 11) is 0. The number of hydrogen-bond donors (Lipinski definition) is 1. The molecule has 0 fully saturated rings. The molecule has 0 bridgehead atoms. The van der Waals surface area contributed by atoms with E-state index in [0.29, 0.717) is 17.4 Å². The third kappa shape index (κ3) is 3.61. The van der Waals surface area contributed by atoms with Gasteiger partial charge in [0.25, 0.3) is 5.91 Å². The number of amides is 1. The summed E-state index contributed by atoms with van der Waals surface area (Å²) in [6, 6.07) is 7.54. The van der Waals surface area contributed by atoms with Gasteiger partial charge in [-0.3, -0.25) is 10.1 Å². The minimum absolute atomic E-state index is 0.211. The topological polar surface area (TPSA) is 54.9 Å². The number of carbonyl (C=O) groups excluding carboxylic acids is 1. The van der Waals surface area contributed by atoms with E-state index in [1.807, 2.05) is 24.3 Å². The molecule has 19 heavy (non-hydrogen) atoms. The number of hydrogen-bond acceptors (Lipinski definition) is 3. The molecule has 0 aliphatic heterocycles. The summed E-state index contributed by atoms with van der Waals surface area (Å²) in [5.74, 6) is 0.533. The van der Waals surface area contributed by atoms with Crippen molar-refractivity contribution in [3.05, 3.63) is 52.3 Å². The molecule has 5 heteroatoms. The molecule has 0 aliphatic carbocycles. The van der Waals surface area contributed by atoms with Crippen LogP contribution in [-0.4, -0.2) is 15.9 Å². The molecule has 4 nitrogen and oxygen atoms in total. The maximum atomic E-state index is 12.0. The summed E-state index contributed by atoms with van der Waals surface area (Å²) >= 11 is 3.24. The van der Waals surface area contributed by atoms with E-state index < -0.39 is 0 Å². The normalized spacial score (nSPS) is 10.5. The van der Waals surface area contributed by atoms with Gasteiger partial charge in [-0.05, 0) is 39.5 Å². The summed E-state index contributed by atoms with van der Waals surface area (Å²) in [6.07, 6.45) is 3.18. The maximum absolute atomic E-state index is 12.0. The van der Waals surface area contributed by atoms with Crippen molar-refractivity contribution < 1.29 is 4.79 Å². The Morgan fingerprint density at radius 2 is 1.74 bits per heavy atom. The van der Waals surface area contributed by atoms with Crippen LogP contribution in [0.1, 0.15) is 35.7 Å². The summed E-state index contributed by atoms with van der Waals surface area (Å²) in [5.41, 5.74) is 1.80. The molecule has 2 rings (SSSR count). The molecule has 1 aromatic carbocycles. The third-order valence-electron chi connectivity index (χ3n) is 2.69. The first-order valence-electron chi connectivity index (χ1n) is 5.95. The molecule has 1 amide bonds. The first-order valence-corrected chi connectivity index (χ1v) is 6.74. The Hall–Kier alpha value is -1.75. The highest BCUT2D eigenvalue weighted by Crippen LogP contribution is 2.15. The second kappa shape index (κ2) is 5.93. The Morgan fingerprint density at radius 1 is 1.16 bits per heavy atom. The molecule has 0 atom stereocenters. The molecule has 98 valence electrons. The fourth-order valence-electron chi connectivity index (χ4n) is 1.57. The van der Waals surface area contributed by atoms with Gasteiger partial charge in [0.05, 0.1) is 4.47 Å². The highest BCUT2D eigenvalue weighted by molar-refractivity contribution is 9.10. The lowest BCUT2D eigenvalue weighted by Gasteiger charge is -2.07. The van der Waals surface area contributed by atoms with Crippen molar-refractivity contribution >= 4 is 27.8 Å².